The molecule has 140 valence electrons. The number of hydrogen-bond acceptors (Lipinski definition) is 4. The number of likely N-dealkylation sites (tertiary alicyclic amines) is 1. The number of halogens is 2. The van der Waals surface area contributed by atoms with Gasteiger partial charge < -0.3 is 9.64 Å². The number of piperidine rings is 1. The van der Waals surface area contributed by atoms with Gasteiger partial charge in [-0.2, -0.15) is 5.10 Å². The molecule has 2 aromatic rings. The van der Waals surface area contributed by atoms with Gasteiger partial charge in [-0.1, -0.05) is 35.3 Å². The van der Waals surface area contributed by atoms with Crippen molar-refractivity contribution in [1.29, 1.82) is 0 Å². The van der Waals surface area contributed by atoms with Crippen molar-refractivity contribution in [2.24, 2.45) is 5.10 Å². The number of rotatable bonds is 1. The summed E-state index contributed by atoms with van der Waals surface area (Å²) in [5.41, 5.74) is 2.93. The lowest BCUT2D eigenvalue weighted by Crippen LogP contribution is -2.58. The smallest absolute Gasteiger partial charge is 0.200 e. The van der Waals surface area contributed by atoms with Crippen LogP contribution in [0.3, 0.4) is 0 Å². The van der Waals surface area contributed by atoms with E-state index in [0.29, 0.717) is 0 Å². The summed E-state index contributed by atoms with van der Waals surface area (Å²) in [5.74, 6) is 0.942. The zero-order valence-corrected chi connectivity index (χ0v) is 16.7. The van der Waals surface area contributed by atoms with Gasteiger partial charge in [-0.25, -0.2) is 5.01 Å². The predicted octanol–water partition coefficient (Wildman–Crippen LogP) is 4.96. The van der Waals surface area contributed by atoms with Crippen molar-refractivity contribution in [3.05, 3.63) is 63.6 Å². The fourth-order valence-electron chi connectivity index (χ4n) is 4.37. The molecule has 1 spiro atoms. The number of ether oxygens (including phenoxy) is 1. The van der Waals surface area contributed by atoms with E-state index in [0.717, 1.165) is 65.0 Å². The molecule has 1 unspecified atom stereocenters. The monoisotopic (exact) mass is 401 g/mol. The first-order chi connectivity index (χ1) is 13.0. The van der Waals surface area contributed by atoms with E-state index in [4.69, 9.17) is 33.0 Å². The Morgan fingerprint density at radius 1 is 1.04 bits per heavy atom. The molecule has 6 heteroatoms. The van der Waals surface area contributed by atoms with E-state index in [1.165, 1.54) is 0 Å². The molecule has 4 nitrogen and oxygen atoms in total. The van der Waals surface area contributed by atoms with Gasteiger partial charge in [0, 0.05) is 48.0 Å². The van der Waals surface area contributed by atoms with Gasteiger partial charge in [0.2, 0.25) is 5.72 Å². The molecule has 1 atom stereocenters. The van der Waals surface area contributed by atoms with Crippen LogP contribution in [0.5, 0.6) is 5.75 Å². The van der Waals surface area contributed by atoms with Crippen molar-refractivity contribution in [1.82, 2.24) is 9.91 Å². The molecule has 3 aliphatic rings. The number of hydrogen-bond donors (Lipinski definition) is 0. The van der Waals surface area contributed by atoms with Crippen molar-refractivity contribution in [3.8, 4) is 5.75 Å². The summed E-state index contributed by atoms with van der Waals surface area (Å²) in [6.45, 7) is 2.00. The Hall–Kier alpha value is -1.75. The molecule has 0 N–H and O–H groups in total. The second-order valence-electron chi connectivity index (χ2n) is 7.65. The highest BCUT2D eigenvalue weighted by atomic mass is 35.5. The van der Waals surface area contributed by atoms with Crippen molar-refractivity contribution >= 4 is 28.9 Å². The standard InChI is InChI=1S/C21H21Cl2N3O/c1-25-10-8-21(9-11-25)26-19(17-12-16(23)6-7-20(17)27-21)13-18(24-26)14-2-4-15(22)5-3-14/h2-7,12,19H,8-11,13H2,1H3. The molecule has 0 saturated carbocycles. The fourth-order valence-corrected chi connectivity index (χ4v) is 4.67. The molecule has 0 aromatic heterocycles. The first-order valence-electron chi connectivity index (χ1n) is 9.34. The third-order valence-corrected chi connectivity index (χ3v) is 6.39. The summed E-state index contributed by atoms with van der Waals surface area (Å²) in [5, 5.41) is 8.74. The number of fused-ring (bicyclic) bond motifs is 4. The SMILES string of the molecule is CN1CCC2(CC1)Oc1ccc(Cl)cc1C1CC(c3ccc(Cl)cc3)=NN12. The minimum atomic E-state index is -0.383. The van der Waals surface area contributed by atoms with Gasteiger partial charge in [0.25, 0.3) is 0 Å². The van der Waals surface area contributed by atoms with E-state index in [1.807, 2.05) is 42.5 Å². The summed E-state index contributed by atoms with van der Waals surface area (Å²) < 4.78 is 6.59. The summed E-state index contributed by atoms with van der Waals surface area (Å²) in [4.78, 5) is 2.35. The number of hydrazone groups is 1. The lowest BCUT2D eigenvalue weighted by Gasteiger charge is -2.50. The third kappa shape index (κ3) is 2.91. The molecule has 0 bridgehead atoms. The van der Waals surface area contributed by atoms with Crippen LogP contribution in [0.25, 0.3) is 0 Å². The molecule has 0 aliphatic carbocycles. The van der Waals surface area contributed by atoms with Crippen LogP contribution in [0, 0.1) is 0 Å². The minimum Gasteiger partial charge on any atom is -0.466 e. The second kappa shape index (κ2) is 6.40. The minimum absolute atomic E-state index is 0.154. The first kappa shape index (κ1) is 17.4. The Labute approximate surface area is 169 Å². The first-order valence-corrected chi connectivity index (χ1v) is 10.1. The van der Waals surface area contributed by atoms with Crippen LogP contribution in [0.4, 0.5) is 0 Å². The average Bonchev–Trinajstić information content (AvgIpc) is 3.12. The predicted molar refractivity (Wildman–Crippen MR) is 109 cm³/mol. The summed E-state index contributed by atoms with van der Waals surface area (Å²) in [6, 6.07) is 14.0. The largest absolute Gasteiger partial charge is 0.466 e. The Bertz CT molecular complexity index is 904. The van der Waals surface area contributed by atoms with Gasteiger partial charge >= 0.3 is 0 Å². The second-order valence-corrected chi connectivity index (χ2v) is 8.52. The highest BCUT2D eigenvalue weighted by molar-refractivity contribution is 6.31. The zero-order chi connectivity index (χ0) is 18.6. The van der Waals surface area contributed by atoms with Crippen molar-refractivity contribution in [2.45, 2.75) is 31.0 Å². The molecule has 0 radical (unpaired) electrons. The van der Waals surface area contributed by atoms with E-state index < -0.39 is 0 Å². The van der Waals surface area contributed by atoms with Crippen LogP contribution in [0.2, 0.25) is 10.0 Å². The van der Waals surface area contributed by atoms with Crippen molar-refractivity contribution in [2.75, 3.05) is 20.1 Å². The van der Waals surface area contributed by atoms with Crippen LogP contribution in [0.15, 0.2) is 47.6 Å². The molecule has 5 rings (SSSR count). The van der Waals surface area contributed by atoms with Crippen LogP contribution in [0.1, 0.15) is 36.4 Å². The molecule has 3 aliphatic heterocycles. The molecule has 1 fully saturated rings. The number of benzene rings is 2. The Morgan fingerprint density at radius 3 is 2.48 bits per heavy atom. The Morgan fingerprint density at radius 2 is 1.74 bits per heavy atom. The Balaban J connectivity index is 1.58. The lowest BCUT2D eigenvalue weighted by molar-refractivity contribution is -0.147. The maximum absolute atomic E-state index is 6.59. The normalized spacial score (nSPS) is 23.6. The van der Waals surface area contributed by atoms with Gasteiger partial charge in [-0.05, 0) is 42.9 Å². The summed E-state index contributed by atoms with van der Waals surface area (Å²) in [7, 11) is 2.16. The highest BCUT2D eigenvalue weighted by Crippen LogP contribution is 2.50. The van der Waals surface area contributed by atoms with Crippen LogP contribution >= 0.6 is 23.2 Å². The molecule has 3 heterocycles. The Kier molecular flexibility index (Phi) is 4.12. The molecule has 2 aromatic carbocycles. The van der Waals surface area contributed by atoms with E-state index in [9.17, 15) is 0 Å². The van der Waals surface area contributed by atoms with Gasteiger partial charge in [0.15, 0.2) is 0 Å². The van der Waals surface area contributed by atoms with Gasteiger partial charge in [-0.3, -0.25) is 0 Å². The van der Waals surface area contributed by atoms with Crippen molar-refractivity contribution in [3.63, 3.8) is 0 Å². The molecule has 0 amide bonds. The molecular formula is C21H21Cl2N3O. The zero-order valence-electron chi connectivity index (χ0n) is 15.2. The quantitative estimate of drug-likeness (QED) is 0.675. The lowest BCUT2D eigenvalue weighted by atomic mass is 9.91. The summed E-state index contributed by atoms with van der Waals surface area (Å²) >= 11 is 12.4. The third-order valence-electron chi connectivity index (χ3n) is 5.90. The average molecular weight is 402 g/mol. The maximum atomic E-state index is 6.59. The van der Waals surface area contributed by atoms with E-state index in [-0.39, 0.29) is 11.8 Å². The van der Waals surface area contributed by atoms with Gasteiger partial charge in [0.1, 0.15) is 5.75 Å². The van der Waals surface area contributed by atoms with Crippen LogP contribution in [-0.2, 0) is 0 Å². The van der Waals surface area contributed by atoms with Gasteiger partial charge in [0.05, 0.1) is 11.8 Å². The van der Waals surface area contributed by atoms with E-state index in [2.05, 4.69) is 17.0 Å². The van der Waals surface area contributed by atoms with E-state index in [1.54, 1.807) is 0 Å². The summed E-state index contributed by atoms with van der Waals surface area (Å²) in [6.07, 6.45) is 2.70. The number of nitrogens with zero attached hydrogens (tertiary/aromatic N) is 3. The molecular weight excluding hydrogens is 381 g/mol. The van der Waals surface area contributed by atoms with Crippen LogP contribution < -0.4 is 4.74 Å². The van der Waals surface area contributed by atoms with Gasteiger partial charge in [-0.15, -0.1) is 0 Å². The van der Waals surface area contributed by atoms with Crippen LogP contribution in [-0.4, -0.2) is 41.5 Å². The maximum Gasteiger partial charge on any atom is 0.200 e. The molecule has 27 heavy (non-hydrogen) atoms. The van der Waals surface area contributed by atoms with E-state index >= 15 is 0 Å². The topological polar surface area (TPSA) is 28.1 Å². The van der Waals surface area contributed by atoms with Crippen molar-refractivity contribution < 1.29 is 4.74 Å². The fraction of sp³-hybridized carbons (Fsp3) is 0.381. The molecule has 1 saturated heterocycles. The highest BCUT2D eigenvalue weighted by Gasteiger charge is 2.51.